The third-order valence-corrected chi connectivity index (χ3v) is 5.36. The first-order valence-corrected chi connectivity index (χ1v) is 10.1. The summed E-state index contributed by atoms with van der Waals surface area (Å²) in [7, 11) is -3.62. The lowest BCUT2D eigenvalue weighted by Crippen LogP contribution is -2.12. The van der Waals surface area contributed by atoms with Crippen LogP contribution >= 0.6 is 0 Å². The Balaban J connectivity index is 1.66. The number of aryl methyl sites for hydroxylation is 1. The van der Waals surface area contributed by atoms with Gasteiger partial charge in [-0.2, -0.15) is 0 Å². The molecule has 0 aliphatic carbocycles. The molecule has 0 saturated carbocycles. The van der Waals surface area contributed by atoms with Crippen molar-refractivity contribution < 1.29 is 13.2 Å². The van der Waals surface area contributed by atoms with Gasteiger partial charge in [-0.1, -0.05) is 17.7 Å². The fourth-order valence-corrected chi connectivity index (χ4v) is 3.62. The zero-order chi connectivity index (χ0) is 20.1. The first kappa shape index (κ1) is 19.4. The predicted molar refractivity (Wildman–Crippen MR) is 112 cm³/mol. The van der Waals surface area contributed by atoms with Crippen molar-refractivity contribution >= 4 is 38.7 Å². The number of anilines is 4. The number of carbonyl (C=O) groups excluding carboxylic acids is 1. The van der Waals surface area contributed by atoms with Crippen LogP contribution in [-0.2, 0) is 14.8 Å². The van der Waals surface area contributed by atoms with Gasteiger partial charge in [-0.15, -0.1) is 0 Å². The number of sulfonamides is 1. The first-order chi connectivity index (χ1) is 13.3. The fourth-order valence-electron chi connectivity index (χ4n) is 2.56. The zero-order valence-corrected chi connectivity index (χ0v) is 16.4. The summed E-state index contributed by atoms with van der Waals surface area (Å²) in [6.45, 7) is 3.36. The van der Waals surface area contributed by atoms with Gasteiger partial charge in [-0.25, -0.2) is 8.42 Å². The summed E-state index contributed by atoms with van der Waals surface area (Å²) in [5, 5.41) is 5.93. The smallest absolute Gasteiger partial charge is 0.261 e. The number of carbonyl (C=O) groups is 1. The Hall–Kier alpha value is -3.32. The lowest BCUT2D eigenvalue weighted by atomic mass is 10.2. The highest BCUT2D eigenvalue weighted by molar-refractivity contribution is 7.92. The molecule has 0 aliphatic heterocycles. The molecule has 3 rings (SSSR count). The maximum absolute atomic E-state index is 12.4. The molecule has 3 N–H and O–H groups in total. The molecule has 0 radical (unpaired) electrons. The van der Waals surface area contributed by atoms with Gasteiger partial charge in [-0.3, -0.25) is 9.52 Å². The van der Waals surface area contributed by atoms with E-state index in [9.17, 15) is 13.2 Å². The maximum atomic E-state index is 12.4. The van der Waals surface area contributed by atoms with E-state index in [1.807, 2.05) is 19.1 Å². The Morgan fingerprint density at radius 1 is 0.714 bits per heavy atom. The Morgan fingerprint density at radius 2 is 1.18 bits per heavy atom. The van der Waals surface area contributed by atoms with Crippen molar-refractivity contribution in [2.45, 2.75) is 18.7 Å². The highest BCUT2D eigenvalue weighted by Gasteiger charge is 2.13. The Labute approximate surface area is 164 Å². The molecule has 0 atom stereocenters. The molecule has 0 aliphatic rings. The Kier molecular flexibility index (Phi) is 5.65. The second kappa shape index (κ2) is 8.14. The van der Waals surface area contributed by atoms with Crippen LogP contribution in [-0.4, -0.2) is 14.3 Å². The van der Waals surface area contributed by atoms with Crippen LogP contribution in [0.5, 0.6) is 0 Å². The number of amides is 1. The molecule has 6 nitrogen and oxygen atoms in total. The van der Waals surface area contributed by atoms with Crippen molar-refractivity contribution in [3.8, 4) is 0 Å². The number of rotatable bonds is 6. The van der Waals surface area contributed by atoms with Crippen LogP contribution in [0, 0.1) is 6.92 Å². The van der Waals surface area contributed by atoms with Crippen LogP contribution in [0.25, 0.3) is 0 Å². The molecular weight excluding hydrogens is 374 g/mol. The van der Waals surface area contributed by atoms with Gasteiger partial charge in [0.05, 0.1) is 4.90 Å². The van der Waals surface area contributed by atoms with E-state index >= 15 is 0 Å². The van der Waals surface area contributed by atoms with Crippen molar-refractivity contribution in [2.24, 2.45) is 0 Å². The van der Waals surface area contributed by atoms with Gasteiger partial charge in [0.15, 0.2) is 0 Å². The molecule has 3 aromatic rings. The molecule has 0 spiro atoms. The number of benzene rings is 3. The largest absolute Gasteiger partial charge is 0.356 e. The molecule has 3 aromatic carbocycles. The molecule has 0 heterocycles. The molecule has 144 valence electrons. The van der Waals surface area contributed by atoms with Crippen molar-refractivity contribution in [1.82, 2.24) is 0 Å². The maximum Gasteiger partial charge on any atom is 0.261 e. The highest BCUT2D eigenvalue weighted by Crippen LogP contribution is 2.22. The second-order valence-electron chi connectivity index (χ2n) is 6.38. The summed E-state index contributed by atoms with van der Waals surface area (Å²) < 4.78 is 27.5. The lowest BCUT2D eigenvalue weighted by molar-refractivity contribution is -0.114. The van der Waals surface area contributed by atoms with Crippen LogP contribution < -0.4 is 15.4 Å². The van der Waals surface area contributed by atoms with Crippen LogP contribution in [0.3, 0.4) is 0 Å². The van der Waals surface area contributed by atoms with E-state index in [0.29, 0.717) is 5.69 Å². The molecule has 0 aromatic heterocycles. The van der Waals surface area contributed by atoms with Gasteiger partial charge in [-0.05, 0) is 67.6 Å². The SMILES string of the molecule is CC(=O)Nc1ccc(Nc2ccc(NS(=O)(=O)c3ccc(C)cc3)cc2)cc1. The summed E-state index contributed by atoms with van der Waals surface area (Å²) in [5.41, 5.74) is 3.86. The Morgan fingerprint density at radius 3 is 1.68 bits per heavy atom. The Bertz CT molecular complexity index is 1060. The number of nitrogens with one attached hydrogen (secondary N) is 3. The van der Waals surface area contributed by atoms with E-state index in [1.165, 1.54) is 6.92 Å². The van der Waals surface area contributed by atoms with E-state index in [0.717, 1.165) is 22.6 Å². The fraction of sp³-hybridized carbons (Fsp3) is 0.0952. The zero-order valence-electron chi connectivity index (χ0n) is 15.6. The first-order valence-electron chi connectivity index (χ1n) is 8.66. The van der Waals surface area contributed by atoms with Crippen molar-refractivity contribution in [3.63, 3.8) is 0 Å². The molecule has 0 fully saturated rings. The minimum Gasteiger partial charge on any atom is -0.356 e. The topological polar surface area (TPSA) is 87.3 Å². The van der Waals surface area contributed by atoms with Crippen molar-refractivity contribution in [2.75, 3.05) is 15.4 Å². The summed E-state index contributed by atoms with van der Waals surface area (Å²) in [6.07, 6.45) is 0. The van der Waals surface area contributed by atoms with Gasteiger partial charge in [0.2, 0.25) is 5.91 Å². The summed E-state index contributed by atoms with van der Waals surface area (Å²) in [6, 6.07) is 20.9. The van der Waals surface area contributed by atoms with Gasteiger partial charge in [0.25, 0.3) is 10.0 Å². The third-order valence-electron chi connectivity index (χ3n) is 3.96. The van der Waals surface area contributed by atoms with Crippen LogP contribution in [0.15, 0.2) is 77.7 Å². The quantitative estimate of drug-likeness (QED) is 0.574. The summed E-state index contributed by atoms with van der Waals surface area (Å²) in [5.74, 6) is -0.121. The average molecular weight is 395 g/mol. The minimum absolute atomic E-state index is 0.121. The average Bonchev–Trinajstić information content (AvgIpc) is 2.65. The van der Waals surface area contributed by atoms with Crippen LogP contribution in [0.1, 0.15) is 12.5 Å². The van der Waals surface area contributed by atoms with Gasteiger partial charge < -0.3 is 10.6 Å². The third kappa shape index (κ3) is 5.11. The number of hydrogen-bond acceptors (Lipinski definition) is 4. The van der Waals surface area contributed by atoms with E-state index in [4.69, 9.17) is 0 Å². The van der Waals surface area contributed by atoms with Crippen LogP contribution in [0.4, 0.5) is 22.7 Å². The molecule has 28 heavy (non-hydrogen) atoms. The molecule has 0 unspecified atom stereocenters. The summed E-state index contributed by atoms with van der Waals surface area (Å²) >= 11 is 0. The highest BCUT2D eigenvalue weighted by atomic mass is 32.2. The molecule has 0 bridgehead atoms. The van der Waals surface area contributed by atoms with Gasteiger partial charge in [0, 0.05) is 29.7 Å². The molecule has 0 saturated heterocycles. The number of hydrogen-bond donors (Lipinski definition) is 3. The molecular formula is C21H21N3O3S. The van der Waals surface area contributed by atoms with Crippen molar-refractivity contribution in [1.29, 1.82) is 0 Å². The van der Waals surface area contributed by atoms with E-state index in [-0.39, 0.29) is 10.8 Å². The lowest BCUT2D eigenvalue weighted by Gasteiger charge is -2.11. The van der Waals surface area contributed by atoms with E-state index in [2.05, 4.69) is 15.4 Å². The van der Waals surface area contributed by atoms with E-state index < -0.39 is 10.0 Å². The standard InChI is InChI=1S/C21H21N3O3S/c1-15-3-13-21(14-4-15)28(26,27)24-20-11-9-19(10-12-20)23-18-7-5-17(6-8-18)22-16(2)25/h3-14,23-24H,1-2H3,(H,22,25). The van der Waals surface area contributed by atoms with E-state index in [1.54, 1.807) is 60.7 Å². The van der Waals surface area contributed by atoms with Crippen LogP contribution in [0.2, 0.25) is 0 Å². The van der Waals surface area contributed by atoms with Crippen molar-refractivity contribution in [3.05, 3.63) is 78.4 Å². The minimum atomic E-state index is -3.62. The monoisotopic (exact) mass is 395 g/mol. The summed E-state index contributed by atoms with van der Waals surface area (Å²) in [4.78, 5) is 11.3. The molecule has 1 amide bonds. The van der Waals surface area contributed by atoms with Gasteiger partial charge in [0.1, 0.15) is 0 Å². The predicted octanol–water partition coefficient (Wildman–Crippen LogP) is 4.50. The molecule has 7 heteroatoms. The normalized spacial score (nSPS) is 10.9. The van der Waals surface area contributed by atoms with Gasteiger partial charge >= 0.3 is 0 Å². The second-order valence-corrected chi connectivity index (χ2v) is 8.06.